The monoisotopic (exact) mass is 475 g/mol. The number of anilines is 1. The lowest BCUT2D eigenvalue weighted by atomic mass is 10.1. The second-order valence-electron chi connectivity index (χ2n) is 8.16. The summed E-state index contributed by atoms with van der Waals surface area (Å²) in [6.07, 6.45) is 6.77. The molecule has 33 heavy (non-hydrogen) atoms. The quantitative estimate of drug-likeness (QED) is 0.289. The number of hydrogen-bond acceptors (Lipinski definition) is 7. The van der Waals surface area contributed by atoms with E-state index in [0.29, 0.717) is 12.8 Å². The standard InChI is InChI=1S/C23H29N3O6S/c1-33(30,31)20-10-11-21(22(16-20)26(28)29)24-13-14-25-23(27)12-9-17-5-4-8-19(15-17)32-18-6-2-3-7-18/h4-5,8,10-11,15-16,18,24H,2-3,6-7,9,12-14H2,1H3,(H,25,27). The summed E-state index contributed by atoms with van der Waals surface area (Å²) in [7, 11) is -3.55. The van der Waals surface area contributed by atoms with E-state index in [1.165, 1.54) is 25.0 Å². The fourth-order valence-electron chi connectivity index (χ4n) is 3.76. The Bertz CT molecular complexity index is 1100. The van der Waals surface area contributed by atoms with E-state index < -0.39 is 14.8 Å². The number of nitro groups is 1. The molecule has 1 amide bonds. The third-order valence-corrected chi connectivity index (χ3v) is 6.61. The molecule has 1 saturated carbocycles. The molecule has 0 heterocycles. The molecule has 2 N–H and O–H groups in total. The van der Waals surface area contributed by atoms with Gasteiger partial charge in [0.25, 0.3) is 5.69 Å². The summed E-state index contributed by atoms with van der Waals surface area (Å²) >= 11 is 0. The van der Waals surface area contributed by atoms with Gasteiger partial charge in [-0.25, -0.2) is 8.42 Å². The smallest absolute Gasteiger partial charge is 0.293 e. The van der Waals surface area contributed by atoms with Crippen molar-refractivity contribution in [2.24, 2.45) is 0 Å². The minimum Gasteiger partial charge on any atom is -0.490 e. The molecule has 2 aromatic rings. The number of rotatable bonds is 11. The van der Waals surface area contributed by atoms with Gasteiger partial charge >= 0.3 is 0 Å². The number of benzene rings is 2. The maximum Gasteiger partial charge on any atom is 0.293 e. The van der Waals surface area contributed by atoms with Gasteiger partial charge in [-0.2, -0.15) is 0 Å². The summed E-state index contributed by atoms with van der Waals surface area (Å²) in [5.41, 5.74) is 0.894. The van der Waals surface area contributed by atoms with Crippen LogP contribution in [0.15, 0.2) is 47.4 Å². The van der Waals surface area contributed by atoms with Crippen LogP contribution >= 0.6 is 0 Å². The van der Waals surface area contributed by atoms with Crippen LogP contribution < -0.4 is 15.4 Å². The first kappa shape index (κ1) is 24.5. The van der Waals surface area contributed by atoms with Crippen LogP contribution in [0.1, 0.15) is 37.7 Å². The van der Waals surface area contributed by atoms with Crippen molar-refractivity contribution in [1.29, 1.82) is 0 Å². The molecule has 0 aromatic heterocycles. The molecule has 0 bridgehead atoms. The summed E-state index contributed by atoms with van der Waals surface area (Å²) < 4.78 is 29.2. The van der Waals surface area contributed by atoms with Crippen LogP contribution in [-0.2, 0) is 21.1 Å². The Morgan fingerprint density at radius 3 is 2.61 bits per heavy atom. The lowest BCUT2D eigenvalue weighted by Gasteiger charge is -2.14. The predicted molar refractivity (Wildman–Crippen MR) is 125 cm³/mol. The summed E-state index contributed by atoms with van der Waals surface area (Å²) in [5, 5.41) is 16.9. The average molecular weight is 476 g/mol. The number of carbonyl (C=O) groups excluding carboxylic acids is 1. The first-order chi connectivity index (χ1) is 15.7. The van der Waals surface area contributed by atoms with Gasteiger partial charge in [0.2, 0.25) is 5.91 Å². The molecule has 178 valence electrons. The Morgan fingerprint density at radius 1 is 1.15 bits per heavy atom. The van der Waals surface area contributed by atoms with Crippen molar-refractivity contribution in [3.05, 3.63) is 58.1 Å². The summed E-state index contributed by atoms with van der Waals surface area (Å²) in [4.78, 5) is 22.7. The van der Waals surface area contributed by atoms with Gasteiger partial charge in [0, 0.05) is 31.8 Å². The van der Waals surface area contributed by atoms with Crippen LogP contribution in [0.25, 0.3) is 0 Å². The molecule has 0 saturated heterocycles. The molecule has 0 radical (unpaired) electrons. The number of nitro benzene ring substituents is 1. The molecule has 1 aliphatic rings. The van der Waals surface area contributed by atoms with Crippen molar-refractivity contribution in [2.75, 3.05) is 24.7 Å². The number of nitrogens with one attached hydrogen (secondary N) is 2. The molecular formula is C23H29N3O6S. The van der Waals surface area contributed by atoms with E-state index in [2.05, 4.69) is 10.6 Å². The van der Waals surface area contributed by atoms with E-state index >= 15 is 0 Å². The van der Waals surface area contributed by atoms with Gasteiger partial charge in [-0.3, -0.25) is 14.9 Å². The molecule has 1 aliphatic carbocycles. The van der Waals surface area contributed by atoms with Gasteiger partial charge < -0.3 is 15.4 Å². The van der Waals surface area contributed by atoms with Crippen LogP contribution in [0.4, 0.5) is 11.4 Å². The molecular weight excluding hydrogens is 446 g/mol. The zero-order valence-corrected chi connectivity index (χ0v) is 19.4. The third kappa shape index (κ3) is 7.45. The zero-order chi connectivity index (χ0) is 23.8. The average Bonchev–Trinajstić information content (AvgIpc) is 3.28. The first-order valence-electron chi connectivity index (χ1n) is 11.0. The van der Waals surface area contributed by atoms with E-state index in [4.69, 9.17) is 4.74 Å². The van der Waals surface area contributed by atoms with Crippen LogP contribution in [0.5, 0.6) is 5.75 Å². The molecule has 9 nitrogen and oxygen atoms in total. The number of hydrogen-bond donors (Lipinski definition) is 2. The van der Waals surface area contributed by atoms with Crippen LogP contribution in [0, 0.1) is 10.1 Å². The molecule has 0 unspecified atom stereocenters. The van der Waals surface area contributed by atoms with E-state index in [-0.39, 0.29) is 41.4 Å². The second-order valence-corrected chi connectivity index (χ2v) is 10.2. The summed E-state index contributed by atoms with van der Waals surface area (Å²) in [6, 6.07) is 11.5. The minimum atomic E-state index is -3.55. The van der Waals surface area contributed by atoms with Gasteiger partial charge in [0.05, 0.1) is 15.9 Å². The highest BCUT2D eigenvalue weighted by molar-refractivity contribution is 7.90. The van der Waals surface area contributed by atoms with E-state index in [1.54, 1.807) is 0 Å². The third-order valence-electron chi connectivity index (χ3n) is 5.50. The predicted octanol–water partition coefficient (Wildman–Crippen LogP) is 3.48. The Morgan fingerprint density at radius 2 is 1.91 bits per heavy atom. The Balaban J connectivity index is 1.43. The van der Waals surface area contributed by atoms with E-state index in [1.807, 2.05) is 24.3 Å². The van der Waals surface area contributed by atoms with Gasteiger partial charge in [0.15, 0.2) is 9.84 Å². The lowest BCUT2D eigenvalue weighted by Crippen LogP contribution is -2.29. The van der Waals surface area contributed by atoms with Crippen molar-refractivity contribution in [2.45, 2.75) is 49.5 Å². The van der Waals surface area contributed by atoms with Gasteiger partial charge in [-0.1, -0.05) is 12.1 Å². The number of amides is 1. The Kier molecular flexibility index (Phi) is 8.26. The first-order valence-corrected chi connectivity index (χ1v) is 12.9. The fourth-order valence-corrected chi connectivity index (χ4v) is 4.40. The molecule has 1 fully saturated rings. The fraction of sp³-hybridized carbons (Fsp3) is 0.435. The highest BCUT2D eigenvalue weighted by Gasteiger charge is 2.19. The van der Waals surface area contributed by atoms with Crippen molar-refractivity contribution in [1.82, 2.24) is 5.32 Å². The Hall–Kier alpha value is -3.14. The largest absolute Gasteiger partial charge is 0.490 e. The summed E-state index contributed by atoms with van der Waals surface area (Å²) in [6.45, 7) is 0.532. The SMILES string of the molecule is CS(=O)(=O)c1ccc(NCCNC(=O)CCc2cccc(OC3CCCC3)c2)c([N+](=O)[O-])c1. The van der Waals surface area contributed by atoms with Gasteiger partial charge in [-0.05, 0) is 61.9 Å². The minimum absolute atomic E-state index is 0.120. The molecule has 0 spiro atoms. The molecule has 0 atom stereocenters. The van der Waals surface area contributed by atoms with Crippen molar-refractivity contribution < 1.29 is 22.9 Å². The van der Waals surface area contributed by atoms with Gasteiger partial charge in [-0.15, -0.1) is 0 Å². The number of sulfone groups is 1. The van der Waals surface area contributed by atoms with Crippen molar-refractivity contribution >= 4 is 27.1 Å². The normalized spacial score (nSPS) is 14.1. The van der Waals surface area contributed by atoms with Crippen LogP contribution in [0.2, 0.25) is 0 Å². The van der Waals surface area contributed by atoms with Crippen LogP contribution in [-0.4, -0.2) is 44.7 Å². The lowest BCUT2D eigenvalue weighted by molar-refractivity contribution is -0.384. The van der Waals surface area contributed by atoms with E-state index in [0.717, 1.165) is 36.5 Å². The zero-order valence-electron chi connectivity index (χ0n) is 18.6. The molecule has 3 rings (SSSR count). The van der Waals surface area contributed by atoms with Crippen molar-refractivity contribution in [3.63, 3.8) is 0 Å². The van der Waals surface area contributed by atoms with Gasteiger partial charge in [0.1, 0.15) is 11.4 Å². The number of nitrogens with zero attached hydrogens (tertiary/aromatic N) is 1. The summed E-state index contributed by atoms with van der Waals surface area (Å²) in [5.74, 6) is 0.716. The van der Waals surface area contributed by atoms with Crippen molar-refractivity contribution in [3.8, 4) is 5.75 Å². The molecule has 2 aromatic carbocycles. The number of ether oxygens (including phenoxy) is 1. The maximum atomic E-state index is 12.2. The van der Waals surface area contributed by atoms with E-state index in [9.17, 15) is 23.3 Å². The number of aryl methyl sites for hydroxylation is 1. The highest BCUT2D eigenvalue weighted by Crippen LogP contribution is 2.27. The maximum absolute atomic E-state index is 12.2. The Labute approximate surface area is 193 Å². The van der Waals surface area contributed by atoms with Crippen LogP contribution in [0.3, 0.4) is 0 Å². The highest BCUT2D eigenvalue weighted by atomic mass is 32.2. The molecule has 10 heteroatoms. The number of carbonyl (C=O) groups is 1. The molecule has 0 aliphatic heterocycles. The second kappa shape index (κ2) is 11.1. The topological polar surface area (TPSA) is 128 Å².